The summed E-state index contributed by atoms with van der Waals surface area (Å²) in [5.41, 5.74) is 1.76. The van der Waals surface area contributed by atoms with E-state index in [1.807, 2.05) is 6.07 Å². The van der Waals surface area contributed by atoms with Crippen molar-refractivity contribution in [3.05, 3.63) is 23.8 Å². The maximum absolute atomic E-state index is 12.5. The van der Waals surface area contributed by atoms with Crippen LogP contribution in [0.3, 0.4) is 0 Å². The lowest BCUT2D eigenvalue weighted by Gasteiger charge is -2.29. The number of halogens is 1. The van der Waals surface area contributed by atoms with Gasteiger partial charge in [-0.05, 0) is 49.9 Å². The van der Waals surface area contributed by atoms with Crippen molar-refractivity contribution in [2.45, 2.75) is 43.5 Å². The molecular formula is C16H24ClN3O3S. The lowest BCUT2D eigenvalue weighted by Crippen LogP contribution is -2.37. The third-order valence-electron chi connectivity index (χ3n) is 4.55. The van der Waals surface area contributed by atoms with Crippen molar-refractivity contribution in [1.29, 1.82) is 0 Å². The predicted molar refractivity (Wildman–Crippen MR) is 96.3 cm³/mol. The normalized spacial score (nSPS) is 20.4. The fourth-order valence-corrected chi connectivity index (χ4v) is 4.37. The number of nitrogens with zero attached hydrogens (tertiary/aromatic N) is 1. The first-order valence-electron chi connectivity index (χ1n) is 8.11. The Morgan fingerprint density at radius 3 is 2.83 bits per heavy atom. The van der Waals surface area contributed by atoms with Crippen LogP contribution in [-0.2, 0) is 21.2 Å². The summed E-state index contributed by atoms with van der Waals surface area (Å²) in [4.78, 5) is 13.7. The van der Waals surface area contributed by atoms with Gasteiger partial charge in [-0.15, -0.1) is 12.4 Å². The monoisotopic (exact) mass is 373 g/mol. The second kappa shape index (κ2) is 7.82. The van der Waals surface area contributed by atoms with Crippen LogP contribution in [0.1, 0.15) is 31.7 Å². The van der Waals surface area contributed by atoms with Gasteiger partial charge in [-0.1, -0.05) is 6.07 Å². The van der Waals surface area contributed by atoms with E-state index in [9.17, 15) is 13.2 Å². The average Bonchev–Trinajstić information content (AvgIpc) is 3.05. The quantitative estimate of drug-likeness (QED) is 0.837. The summed E-state index contributed by atoms with van der Waals surface area (Å²) in [6.45, 7) is 3.50. The first kappa shape index (κ1) is 19.2. The first-order valence-corrected chi connectivity index (χ1v) is 9.60. The number of anilines is 1. The topological polar surface area (TPSA) is 78.5 Å². The maximum atomic E-state index is 12.5. The third-order valence-corrected chi connectivity index (χ3v) is 5.97. The number of rotatable bonds is 4. The minimum absolute atomic E-state index is 0. The number of aryl methyl sites for hydroxylation is 1. The van der Waals surface area contributed by atoms with Gasteiger partial charge in [0, 0.05) is 31.7 Å². The third kappa shape index (κ3) is 4.08. The second-order valence-corrected chi connectivity index (χ2v) is 7.98. The zero-order chi connectivity index (χ0) is 16.4. The Morgan fingerprint density at radius 1 is 1.38 bits per heavy atom. The largest absolute Gasteiger partial charge is 0.313 e. The van der Waals surface area contributed by atoms with Crippen LogP contribution in [0.5, 0.6) is 0 Å². The molecular weight excluding hydrogens is 350 g/mol. The number of nitrogens with one attached hydrogen (secondary N) is 2. The highest BCUT2D eigenvalue weighted by Gasteiger charge is 2.24. The maximum Gasteiger partial charge on any atom is 0.240 e. The Balaban J connectivity index is 0.00000208. The van der Waals surface area contributed by atoms with Gasteiger partial charge in [-0.25, -0.2) is 13.1 Å². The van der Waals surface area contributed by atoms with Gasteiger partial charge in [0.05, 0.1) is 4.90 Å². The molecule has 0 radical (unpaired) electrons. The first-order chi connectivity index (χ1) is 11.0. The number of sulfonamides is 1. The van der Waals surface area contributed by atoms with E-state index in [1.165, 1.54) is 6.92 Å². The van der Waals surface area contributed by atoms with E-state index < -0.39 is 10.0 Å². The molecule has 1 aromatic rings. The van der Waals surface area contributed by atoms with Gasteiger partial charge >= 0.3 is 0 Å². The zero-order valence-corrected chi connectivity index (χ0v) is 15.4. The van der Waals surface area contributed by atoms with Crippen molar-refractivity contribution in [3.8, 4) is 0 Å². The standard InChI is InChI=1S/C16H23N3O3S.ClH/c1-12(20)19-9-3-4-13-6-7-15(10-16(13)19)23(21,22)18-11-14-5-2-8-17-14;/h6-7,10,14,17-18H,2-5,8-9,11H2,1H3;1H. The van der Waals surface area contributed by atoms with Crippen molar-refractivity contribution in [3.63, 3.8) is 0 Å². The number of benzene rings is 1. The van der Waals surface area contributed by atoms with Crippen LogP contribution in [0.25, 0.3) is 0 Å². The molecule has 2 N–H and O–H groups in total. The molecule has 0 saturated carbocycles. The molecule has 0 aliphatic carbocycles. The number of carbonyl (C=O) groups is 1. The molecule has 8 heteroatoms. The number of fused-ring (bicyclic) bond motifs is 1. The molecule has 2 aliphatic heterocycles. The summed E-state index contributed by atoms with van der Waals surface area (Å²) in [5, 5.41) is 3.27. The molecule has 2 heterocycles. The minimum atomic E-state index is -3.56. The highest BCUT2D eigenvalue weighted by atomic mass is 35.5. The lowest BCUT2D eigenvalue weighted by molar-refractivity contribution is -0.116. The number of hydrogen-bond donors (Lipinski definition) is 2. The second-order valence-electron chi connectivity index (χ2n) is 6.21. The van der Waals surface area contributed by atoms with Crippen LogP contribution in [0.4, 0.5) is 5.69 Å². The van der Waals surface area contributed by atoms with Crippen LogP contribution >= 0.6 is 12.4 Å². The van der Waals surface area contributed by atoms with E-state index in [0.717, 1.165) is 43.5 Å². The molecule has 24 heavy (non-hydrogen) atoms. The predicted octanol–water partition coefficient (Wildman–Crippen LogP) is 1.44. The Morgan fingerprint density at radius 2 is 2.17 bits per heavy atom. The van der Waals surface area contributed by atoms with E-state index >= 15 is 0 Å². The minimum Gasteiger partial charge on any atom is -0.313 e. The Bertz CT molecular complexity index is 703. The van der Waals surface area contributed by atoms with Crippen LogP contribution < -0.4 is 14.9 Å². The van der Waals surface area contributed by atoms with Gasteiger partial charge in [-0.3, -0.25) is 4.79 Å². The summed E-state index contributed by atoms with van der Waals surface area (Å²) in [6, 6.07) is 5.29. The summed E-state index contributed by atoms with van der Waals surface area (Å²) >= 11 is 0. The van der Waals surface area contributed by atoms with Crippen molar-refractivity contribution >= 4 is 34.0 Å². The Kier molecular flexibility index (Phi) is 6.25. The number of carbonyl (C=O) groups excluding carboxylic acids is 1. The molecule has 1 amide bonds. The zero-order valence-electron chi connectivity index (χ0n) is 13.7. The molecule has 0 aromatic heterocycles. The summed E-state index contributed by atoms with van der Waals surface area (Å²) in [7, 11) is -3.56. The number of hydrogen-bond acceptors (Lipinski definition) is 4. The van der Waals surface area contributed by atoms with Crippen molar-refractivity contribution < 1.29 is 13.2 Å². The lowest BCUT2D eigenvalue weighted by atomic mass is 10.0. The molecule has 3 rings (SSSR count). The molecule has 6 nitrogen and oxygen atoms in total. The van der Waals surface area contributed by atoms with E-state index in [1.54, 1.807) is 17.0 Å². The molecule has 0 spiro atoms. The fraction of sp³-hybridized carbons (Fsp3) is 0.562. The Hall–Kier alpha value is -1.15. The van der Waals surface area contributed by atoms with Gasteiger partial charge < -0.3 is 10.2 Å². The van der Waals surface area contributed by atoms with E-state index in [2.05, 4.69) is 10.0 Å². The highest BCUT2D eigenvalue weighted by Crippen LogP contribution is 2.29. The molecule has 1 aromatic carbocycles. The van der Waals surface area contributed by atoms with E-state index in [0.29, 0.717) is 13.1 Å². The molecule has 1 atom stereocenters. The molecule has 1 unspecified atom stereocenters. The van der Waals surface area contributed by atoms with Gasteiger partial charge in [0.1, 0.15) is 0 Å². The van der Waals surface area contributed by atoms with Crippen molar-refractivity contribution in [2.24, 2.45) is 0 Å². The SMILES string of the molecule is CC(=O)N1CCCc2ccc(S(=O)(=O)NCC3CCCN3)cc21.Cl. The van der Waals surface area contributed by atoms with E-state index in [-0.39, 0.29) is 29.3 Å². The number of amides is 1. The van der Waals surface area contributed by atoms with Crippen LogP contribution in [0.2, 0.25) is 0 Å². The molecule has 2 aliphatic rings. The Labute approximate surface area is 149 Å². The summed E-state index contributed by atoms with van der Waals surface area (Å²) in [6.07, 6.45) is 3.85. The fourth-order valence-electron chi connectivity index (χ4n) is 3.27. The van der Waals surface area contributed by atoms with Crippen molar-refractivity contribution in [1.82, 2.24) is 10.0 Å². The molecule has 0 bridgehead atoms. The van der Waals surface area contributed by atoms with Crippen LogP contribution in [0.15, 0.2) is 23.1 Å². The van der Waals surface area contributed by atoms with Gasteiger partial charge in [-0.2, -0.15) is 0 Å². The highest BCUT2D eigenvalue weighted by molar-refractivity contribution is 7.89. The average molecular weight is 374 g/mol. The van der Waals surface area contributed by atoms with E-state index in [4.69, 9.17) is 0 Å². The van der Waals surface area contributed by atoms with Crippen LogP contribution in [0, 0.1) is 0 Å². The summed E-state index contributed by atoms with van der Waals surface area (Å²) in [5.74, 6) is -0.0522. The molecule has 1 fully saturated rings. The van der Waals surface area contributed by atoms with Gasteiger partial charge in [0.15, 0.2) is 0 Å². The van der Waals surface area contributed by atoms with Gasteiger partial charge in [0.2, 0.25) is 15.9 Å². The summed E-state index contributed by atoms with van der Waals surface area (Å²) < 4.78 is 27.7. The van der Waals surface area contributed by atoms with Crippen molar-refractivity contribution in [2.75, 3.05) is 24.5 Å². The van der Waals surface area contributed by atoms with Crippen LogP contribution in [-0.4, -0.2) is 40.0 Å². The van der Waals surface area contributed by atoms with Gasteiger partial charge in [0.25, 0.3) is 0 Å². The smallest absolute Gasteiger partial charge is 0.240 e. The molecule has 1 saturated heterocycles. The molecule has 134 valence electrons.